The second-order valence-electron chi connectivity index (χ2n) is 5.93. The van der Waals surface area contributed by atoms with Crippen LogP contribution in [0.4, 0.5) is 13.2 Å². The van der Waals surface area contributed by atoms with Gasteiger partial charge < -0.3 is 19.3 Å². The van der Waals surface area contributed by atoms with E-state index in [0.29, 0.717) is 5.82 Å². The van der Waals surface area contributed by atoms with Gasteiger partial charge in [-0.3, -0.25) is 4.79 Å². The van der Waals surface area contributed by atoms with Crippen molar-refractivity contribution in [1.29, 1.82) is 0 Å². The maximum atomic E-state index is 12.6. The molecule has 1 aliphatic rings. The Balaban J connectivity index is 1.71. The molecule has 0 spiro atoms. The first-order valence-electron chi connectivity index (χ1n) is 7.97. The zero-order chi connectivity index (χ0) is 19.6. The zero-order valence-corrected chi connectivity index (χ0v) is 13.9. The molecule has 11 heteroatoms. The second kappa shape index (κ2) is 7.25. The number of carbonyl (C=O) groups excluding carboxylic acids is 1. The van der Waals surface area contributed by atoms with Gasteiger partial charge in [0, 0.05) is 6.42 Å². The van der Waals surface area contributed by atoms with E-state index in [1.165, 1.54) is 24.5 Å². The molecule has 1 aromatic heterocycles. The molecule has 0 saturated heterocycles. The lowest BCUT2D eigenvalue weighted by Gasteiger charge is -2.33. The van der Waals surface area contributed by atoms with Gasteiger partial charge in [-0.2, -0.15) is 0 Å². The van der Waals surface area contributed by atoms with Crippen LogP contribution in [0.5, 0.6) is 5.75 Å². The Morgan fingerprint density at radius 3 is 2.74 bits per heavy atom. The molecule has 0 bridgehead atoms. The molecule has 2 aromatic rings. The molecule has 1 amide bonds. The number of aryl methyl sites for hydroxylation is 1. The molecule has 0 fully saturated rings. The first-order chi connectivity index (χ1) is 12.7. The number of aliphatic carboxylic acids is 1. The standard InChI is InChI=1S/C16H15F3N4O4/c17-16(18,19)27-12-4-2-1-3-10(12)5-6-14(24)23-8-13-21-20-9-22(13)7-11(23)15(25)26/h1-4,9,11H,5-8H2,(H,25,26). The number of para-hydroxylation sites is 1. The Labute approximate surface area is 151 Å². The van der Waals surface area contributed by atoms with Gasteiger partial charge in [0.15, 0.2) is 5.82 Å². The Morgan fingerprint density at radius 1 is 1.30 bits per heavy atom. The van der Waals surface area contributed by atoms with Crippen molar-refractivity contribution in [2.45, 2.75) is 38.3 Å². The average Bonchev–Trinajstić information content (AvgIpc) is 3.05. The molecule has 144 valence electrons. The van der Waals surface area contributed by atoms with Gasteiger partial charge in [0.05, 0.1) is 13.1 Å². The van der Waals surface area contributed by atoms with Crippen molar-refractivity contribution in [2.75, 3.05) is 0 Å². The van der Waals surface area contributed by atoms with Crippen molar-refractivity contribution in [3.05, 3.63) is 42.0 Å². The number of carboxylic acid groups (broad SMARTS) is 1. The van der Waals surface area contributed by atoms with Gasteiger partial charge in [-0.1, -0.05) is 18.2 Å². The SMILES string of the molecule is O=C(O)C1Cn2cnnc2CN1C(=O)CCc1ccccc1OC(F)(F)F. The van der Waals surface area contributed by atoms with Crippen LogP contribution in [0.25, 0.3) is 0 Å². The molecule has 0 radical (unpaired) electrons. The van der Waals surface area contributed by atoms with Crippen LogP contribution < -0.4 is 4.74 Å². The molecule has 0 aliphatic carbocycles. The van der Waals surface area contributed by atoms with Crippen LogP contribution in [-0.4, -0.2) is 49.1 Å². The fourth-order valence-corrected chi connectivity index (χ4v) is 2.89. The summed E-state index contributed by atoms with van der Waals surface area (Å²) in [7, 11) is 0. The molecule has 1 aliphatic heterocycles. The van der Waals surface area contributed by atoms with Crippen LogP contribution in [0.3, 0.4) is 0 Å². The largest absolute Gasteiger partial charge is 0.573 e. The Kier molecular flexibility index (Phi) is 5.02. The van der Waals surface area contributed by atoms with Crippen LogP contribution in [0.2, 0.25) is 0 Å². The lowest BCUT2D eigenvalue weighted by molar-refractivity contribution is -0.274. The minimum absolute atomic E-state index is 0.0111. The summed E-state index contributed by atoms with van der Waals surface area (Å²) in [4.78, 5) is 25.2. The first kappa shape index (κ1) is 18.7. The number of fused-ring (bicyclic) bond motifs is 1. The summed E-state index contributed by atoms with van der Waals surface area (Å²) < 4.78 is 43.0. The number of hydrogen-bond donors (Lipinski definition) is 1. The molecule has 0 saturated carbocycles. The normalized spacial score (nSPS) is 16.7. The number of benzene rings is 1. The predicted octanol–water partition coefficient (Wildman–Crippen LogP) is 1.60. The zero-order valence-electron chi connectivity index (χ0n) is 13.9. The summed E-state index contributed by atoms with van der Waals surface area (Å²) in [5, 5.41) is 16.9. The van der Waals surface area contributed by atoms with Gasteiger partial charge in [0.1, 0.15) is 18.1 Å². The summed E-state index contributed by atoms with van der Waals surface area (Å²) in [5.41, 5.74) is 0.204. The highest BCUT2D eigenvalue weighted by molar-refractivity contribution is 5.84. The predicted molar refractivity (Wildman–Crippen MR) is 83.4 cm³/mol. The van der Waals surface area contributed by atoms with E-state index in [0.717, 1.165) is 11.0 Å². The Hall–Kier alpha value is -3.11. The number of hydrogen-bond acceptors (Lipinski definition) is 5. The Bertz CT molecular complexity index is 852. The third-order valence-corrected chi connectivity index (χ3v) is 4.17. The van der Waals surface area contributed by atoms with E-state index in [2.05, 4.69) is 14.9 Å². The first-order valence-corrected chi connectivity index (χ1v) is 7.97. The van der Waals surface area contributed by atoms with Crippen molar-refractivity contribution in [1.82, 2.24) is 19.7 Å². The fourth-order valence-electron chi connectivity index (χ4n) is 2.89. The molecular weight excluding hydrogens is 369 g/mol. The number of alkyl halides is 3. The van der Waals surface area contributed by atoms with Gasteiger partial charge in [-0.05, 0) is 18.1 Å². The maximum absolute atomic E-state index is 12.6. The third-order valence-electron chi connectivity index (χ3n) is 4.17. The summed E-state index contributed by atoms with van der Waals surface area (Å²) >= 11 is 0. The van der Waals surface area contributed by atoms with Gasteiger partial charge in [0.2, 0.25) is 5.91 Å². The molecule has 3 rings (SSSR count). The lowest BCUT2D eigenvalue weighted by Crippen LogP contribution is -2.50. The minimum atomic E-state index is -4.84. The van der Waals surface area contributed by atoms with Crippen LogP contribution in [0, 0.1) is 0 Å². The highest BCUT2D eigenvalue weighted by atomic mass is 19.4. The number of carbonyl (C=O) groups is 2. The van der Waals surface area contributed by atoms with E-state index in [1.54, 1.807) is 4.57 Å². The number of halogens is 3. The van der Waals surface area contributed by atoms with Crippen LogP contribution in [-0.2, 0) is 29.1 Å². The third kappa shape index (κ3) is 4.36. The fraction of sp³-hybridized carbons (Fsp3) is 0.375. The summed E-state index contributed by atoms with van der Waals surface area (Å²) in [6.07, 6.45) is -3.65. The highest BCUT2D eigenvalue weighted by Gasteiger charge is 2.35. The topological polar surface area (TPSA) is 97.5 Å². The molecule has 2 heterocycles. The highest BCUT2D eigenvalue weighted by Crippen LogP contribution is 2.27. The second-order valence-corrected chi connectivity index (χ2v) is 5.93. The average molecular weight is 384 g/mol. The number of nitrogens with zero attached hydrogens (tertiary/aromatic N) is 4. The number of amides is 1. The maximum Gasteiger partial charge on any atom is 0.573 e. The van der Waals surface area contributed by atoms with Crippen molar-refractivity contribution in [3.63, 3.8) is 0 Å². The van der Waals surface area contributed by atoms with Crippen molar-refractivity contribution in [3.8, 4) is 5.75 Å². The molecular formula is C16H15F3N4O4. The van der Waals surface area contributed by atoms with Gasteiger partial charge in [-0.25, -0.2) is 4.79 Å². The van der Waals surface area contributed by atoms with E-state index in [-0.39, 0.29) is 37.2 Å². The Morgan fingerprint density at radius 2 is 2.04 bits per heavy atom. The quantitative estimate of drug-likeness (QED) is 0.841. The number of ether oxygens (including phenoxy) is 1. The van der Waals surface area contributed by atoms with Crippen molar-refractivity contribution in [2.24, 2.45) is 0 Å². The molecule has 1 atom stereocenters. The summed E-state index contributed by atoms with van der Waals surface area (Å²) in [6, 6.07) is 4.42. The monoisotopic (exact) mass is 384 g/mol. The lowest BCUT2D eigenvalue weighted by atomic mass is 10.1. The van der Waals surface area contributed by atoms with Crippen LogP contribution in [0.15, 0.2) is 30.6 Å². The minimum Gasteiger partial charge on any atom is -0.480 e. The molecule has 8 nitrogen and oxygen atoms in total. The van der Waals surface area contributed by atoms with Crippen molar-refractivity contribution >= 4 is 11.9 Å². The van der Waals surface area contributed by atoms with E-state index < -0.39 is 24.3 Å². The van der Waals surface area contributed by atoms with Gasteiger partial charge in [0.25, 0.3) is 0 Å². The summed E-state index contributed by atoms with van der Waals surface area (Å²) in [5.74, 6) is -1.62. The van der Waals surface area contributed by atoms with E-state index in [4.69, 9.17) is 0 Å². The van der Waals surface area contributed by atoms with Crippen LogP contribution >= 0.6 is 0 Å². The van der Waals surface area contributed by atoms with E-state index in [1.807, 2.05) is 0 Å². The summed E-state index contributed by atoms with van der Waals surface area (Å²) in [6.45, 7) is -0.0202. The number of carboxylic acids is 1. The van der Waals surface area contributed by atoms with E-state index >= 15 is 0 Å². The molecule has 1 unspecified atom stereocenters. The molecule has 1 N–H and O–H groups in total. The van der Waals surface area contributed by atoms with Gasteiger partial charge in [-0.15, -0.1) is 23.4 Å². The van der Waals surface area contributed by atoms with E-state index in [9.17, 15) is 27.9 Å². The number of aromatic nitrogens is 3. The van der Waals surface area contributed by atoms with Gasteiger partial charge >= 0.3 is 12.3 Å². The number of rotatable bonds is 5. The van der Waals surface area contributed by atoms with Crippen LogP contribution in [0.1, 0.15) is 17.8 Å². The molecule has 1 aromatic carbocycles. The van der Waals surface area contributed by atoms with Crippen molar-refractivity contribution < 1.29 is 32.6 Å². The smallest absolute Gasteiger partial charge is 0.480 e. The molecule has 27 heavy (non-hydrogen) atoms.